The number of rotatable bonds is 7. The van der Waals surface area contributed by atoms with E-state index in [9.17, 15) is 0 Å². The van der Waals surface area contributed by atoms with E-state index in [0.717, 1.165) is 24.2 Å². The predicted octanol–water partition coefficient (Wildman–Crippen LogP) is 13.9. The molecule has 9 rings (SSSR count). The molecular weight excluding hydrogens is 611 g/mol. The Labute approximate surface area is 292 Å². The van der Waals surface area contributed by atoms with Crippen molar-refractivity contribution in [3.63, 3.8) is 0 Å². The number of benzene rings is 7. The molecule has 1 aliphatic carbocycles. The summed E-state index contributed by atoms with van der Waals surface area (Å²) in [7, 11) is 0. The normalized spacial score (nSPS) is 13.0. The van der Waals surface area contributed by atoms with E-state index in [0.29, 0.717) is 0 Å². The molecule has 0 N–H and O–H groups in total. The Morgan fingerprint density at radius 3 is 1.78 bits per heavy atom. The molecule has 0 bridgehead atoms. The summed E-state index contributed by atoms with van der Waals surface area (Å²) in [6.07, 6.45) is 2.14. The van der Waals surface area contributed by atoms with Gasteiger partial charge in [0.15, 0.2) is 0 Å². The Morgan fingerprint density at radius 2 is 1.02 bits per heavy atom. The molecule has 0 unspecified atom stereocenters. The highest BCUT2D eigenvalue weighted by Crippen LogP contribution is 2.54. The molecule has 0 radical (unpaired) electrons. The lowest BCUT2D eigenvalue weighted by Crippen LogP contribution is -2.23. The zero-order valence-corrected chi connectivity index (χ0v) is 28.7. The molecule has 0 spiro atoms. The molecular formula is C47H37NS. The van der Waals surface area contributed by atoms with Gasteiger partial charge in [-0.2, -0.15) is 0 Å². The summed E-state index contributed by atoms with van der Waals surface area (Å²) in [5.74, 6) is 0. The highest BCUT2D eigenvalue weighted by Gasteiger charge is 2.40. The molecule has 1 aromatic heterocycles. The fourth-order valence-corrected chi connectivity index (χ4v) is 9.48. The van der Waals surface area contributed by atoms with E-state index in [1.807, 2.05) is 11.3 Å². The van der Waals surface area contributed by atoms with Gasteiger partial charge < -0.3 is 4.90 Å². The van der Waals surface area contributed by atoms with Gasteiger partial charge in [-0.05, 0) is 99.8 Å². The van der Waals surface area contributed by atoms with Crippen molar-refractivity contribution in [2.24, 2.45) is 0 Å². The lowest BCUT2D eigenvalue weighted by atomic mass is 9.74. The van der Waals surface area contributed by atoms with Crippen LogP contribution >= 0.6 is 11.3 Å². The molecule has 0 atom stereocenters. The summed E-state index contributed by atoms with van der Waals surface area (Å²) in [6.45, 7) is 4.69. The van der Waals surface area contributed by atoms with Crippen molar-refractivity contribution in [1.29, 1.82) is 0 Å². The third-order valence-corrected chi connectivity index (χ3v) is 12.0. The van der Waals surface area contributed by atoms with E-state index in [1.54, 1.807) is 0 Å². The van der Waals surface area contributed by atoms with Crippen LogP contribution in [0.25, 0.3) is 53.6 Å². The van der Waals surface area contributed by atoms with Gasteiger partial charge in [-0.25, -0.2) is 0 Å². The number of hydrogen-bond donors (Lipinski definition) is 0. The molecule has 1 nitrogen and oxygen atoms in total. The standard InChI is InChI=1S/C47H37NS/c1-3-47(4-2)43-19-10-8-15-39(43)40-30-29-37(31-44(40)47)48(35-25-21-33(22-26-35)32-13-6-5-7-14-32)36-27-23-34(24-28-36)38-17-12-18-42-41-16-9-11-20-45(41)49-46(38)42/h5-31H,3-4H2,1-2H3. The number of anilines is 3. The van der Waals surface area contributed by atoms with Gasteiger partial charge in [-0.15, -0.1) is 11.3 Å². The number of fused-ring (bicyclic) bond motifs is 6. The predicted molar refractivity (Wildman–Crippen MR) is 212 cm³/mol. The summed E-state index contributed by atoms with van der Waals surface area (Å²) < 4.78 is 2.68. The molecule has 0 fully saturated rings. The minimum atomic E-state index is 0.0115. The third-order valence-electron chi connectivity index (χ3n) is 10.8. The monoisotopic (exact) mass is 647 g/mol. The second-order valence-corrected chi connectivity index (χ2v) is 14.2. The summed E-state index contributed by atoms with van der Waals surface area (Å²) >= 11 is 1.89. The molecule has 1 heterocycles. The maximum absolute atomic E-state index is 2.47. The van der Waals surface area contributed by atoms with Crippen LogP contribution in [0.5, 0.6) is 0 Å². The van der Waals surface area contributed by atoms with E-state index < -0.39 is 0 Å². The number of thiophene rings is 1. The average molecular weight is 648 g/mol. The van der Waals surface area contributed by atoms with Gasteiger partial charge >= 0.3 is 0 Å². The van der Waals surface area contributed by atoms with Gasteiger partial charge in [-0.1, -0.05) is 135 Å². The summed E-state index contributed by atoms with van der Waals surface area (Å²) in [4.78, 5) is 2.43. The Hall–Kier alpha value is -5.44. The molecule has 0 aliphatic heterocycles. The molecule has 0 amide bonds. The Morgan fingerprint density at radius 1 is 0.449 bits per heavy atom. The molecule has 1 aliphatic rings. The highest BCUT2D eigenvalue weighted by molar-refractivity contribution is 7.26. The van der Waals surface area contributed by atoms with Crippen molar-refractivity contribution in [3.05, 3.63) is 175 Å². The Bertz CT molecular complexity index is 2450. The molecule has 0 saturated carbocycles. The van der Waals surface area contributed by atoms with Crippen LogP contribution in [0.3, 0.4) is 0 Å². The number of nitrogens with zero attached hydrogens (tertiary/aromatic N) is 1. The molecule has 7 aromatic carbocycles. The van der Waals surface area contributed by atoms with Gasteiger partial charge in [0.05, 0.1) is 0 Å². The van der Waals surface area contributed by atoms with Crippen LogP contribution in [0.2, 0.25) is 0 Å². The molecule has 0 saturated heterocycles. The van der Waals surface area contributed by atoms with E-state index in [2.05, 4.69) is 183 Å². The van der Waals surface area contributed by atoms with Crippen LogP contribution in [0.15, 0.2) is 164 Å². The van der Waals surface area contributed by atoms with Gasteiger partial charge in [0.25, 0.3) is 0 Å². The Kier molecular flexibility index (Phi) is 7.21. The maximum atomic E-state index is 2.47. The quantitative estimate of drug-likeness (QED) is 0.166. The van der Waals surface area contributed by atoms with Crippen LogP contribution in [0, 0.1) is 0 Å². The first-order chi connectivity index (χ1) is 24.2. The fourth-order valence-electron chi connectivity index (χ4n) is 8.24. The molecule has 2 heteroatoms. The summed E-state index contributed by atoms with van der Waals surface area (Å²) in [5, 5.41) is 2.66. The van der Waals surface area contributed by atoms with Crippen LogP contribution < -0.4 is 4.90 Å². The zero-order valence-electron chi connectivity index (χ0n) is 27.9. The first kappa shape index (κ1) is 29.7. The lowest BCUT2D eigenvalue weighted by Gasteiger charge is -2.31. The fraction of sp³-hybridized carbons (Fsp3) is 0.106. The Balaban J connectivity index is 1.17. The molecule has 236 valence electrons. The van der Waals surface area contributed by atoms with Crippen molar-refractivity contribution in [3.8, 4) is 33.4 Å². The van der Waals surface area contributed by atoms with Crippen molar-refractivity contribution in [2.75, 3.05) is 4.90 Å². The summed E-state index contributed by atoms with van der Waals surface area (Å²) in [6, 6.07) is 60.5. The second-order valence-electron chi connectivity index (χ2n) is 13.1. The smallest absolute Gasteiger partial charge is 0.0465 e. The number of hydrogen-bond acceptors (Lipinski definition) is 2. The molecule has 49 heavy (non-hydrogen) atoms. The van der Waals surface area contributed by atoms with E-state index in [1.165, 1.54) is 70.4 Å². The lowest BCUT2D eigenvalue weighted by molar-refractivity contribution is 0.490. The zero-order chi connectivity index (χ0) is 33.0. The minimum absolute atomic E-state index is 0.0115. The van der Waals surface area contributed by atoms with Crippen LogP contribution in [0.1, 0.15) is 37.8 Å². The topological polar surface area (TPSA) is 3.24 Å². The van der Waals surface area contributed by atoms with Crippen molar-refractivity contribution in [2.45, 2.75) is 32.1 Å². The highest BCUT2D eigenvalue weighted by atomic mass is 32.1. The SMILES string of the molecule is CCC1(CC)c2ccccc2-c2ccc(N(c3ccc(-c4ccccc4)cc3)c3ccc(-c4cccc5c4sc4ccccc45)cc3)cc21. The first-order valence-corrected chi connectivity index (χ1v) is 18.2. The first-order valence-electron chi connectivity index (χ1n) is 17.4. The summed E-state index contributed by atoms with van der Waals surface area (Å²) in [5.41, 5.74) is 14.1. The third kappa shape index (κ3) is 4.74. The largest absolute Gasteiger partial charge is 0.310 e. The minimum Gasteiger partial charge on any atom is -0.310 e. The van der Waals surface area contributed by atoms with Gasteiger partial charge in [-0.3, -0.25) is 0 Å². The van der Waals surface area contributed by atoms with Gasteiger partial charge in [0.1, 0.15) is 0 Å². The van der Waals surface area contributed by atoms with E-state index in [4.69, 9.17) is 0 Å². The van der Waals surface area contributed by atoms with Crippen LogP contribution in [0.4, 0.5) is 17.1 Å². The molecule has 8 aromatic rings. The van der Waals surface area contributed by atoms with Crippen LogP contribution in [-0.4, -0.2) is 0 Å². The van der Waals surface area contributed by atoms with E-state index >= 15 is 0 Å². The van der Waals surface area contributed by atoms with Crippen molar-refractivity contribution >= 4 is 48.6 Å². The van der Waals surface area contributed by atoms with Gasteiger partial charge in [0.2, 0.25) is 0 Å². The van der Waals surface area contributed by atoms with Crippen molar-refractivity contribution < 1.29 is 0 Å². The van der Waals surface area contributed by atoms with Crippen molar-refractivity contribution in [1.82, 2.24) is 0 Å². The second kappa shape index (κ2) is 11.9. The van der Waals surface area contributed by atoms with Gasteiger partial charge in [0, 0.05) is 42.6 Å². The average Bonchev–Trinajstić information content (AvgIpc) is 3.69. The van der Waals surface area contributed by atoms with E-state index in [-0.39, 0.29) is 5.41 Å². The maximum Gasteiger partial charge on any atom is 0.0465 e. The van der Waals surface area contributed by atoms with Crippen LogP contribution in [-0.2, 0) is 5.41 Å².